The van der Waals surface area contributed by atoms with Gasteiger partial charge >= 0.3 is 6.09 Å². The number of carbonyl (C=O) groups excluding carboxylic acids is 1. The minimum absolute atomic E-state index is 0.164. The van der Waals surface area contributed by atoms with Gasteiger partial charge in [0.05, 0.1) is 30.1 Å². The van der Waals surface area contributed by atoms with Gasteiger partial charge in [-0.1, -0.05) is 35.9 Å². The second kappa shape index (κ2) is 9.58. The van der Waals surface area contributed by atoms with Gasteiger partial charge in [0.2, 0.25) is 0 Å². The van der Waals surface area contributed by atoms with Crippen LogP contribution in [0.25, 0.3) is 21.5 Å². The van der Waals surface area contributed by atoms with E-state index in [1.165, 1.54) is 11.3 Å². The predicted octanol–water partition coefficient (Wildman–Crippen LogP) is 6.15. The Morgan fingerprint density at radius 2 is 2.06 bits per heavy atom. The Hall–Kier alpha value is -3.10. The van der Waals surface area contributed by atoms with Crippen molar-refractivity contribution in [1.82, 2.24) is 14.8 Å². The van der Waals surface area contributed by atoms with Crippen molar-refractivity contribution in [3.63, 3.8) is 0 Å². The summed E-state index contributed by atoms with van der Waals surface area (Å²) < 4.78 is 12.8. The number of fused-ring (bicyclic) bond motifs is 1. The highest BCUT2D eigenvalue weighted by Gasteiger charge is 2.17. The number of benzene rings is 2. The first kappa shape index (κ1) is 22.1. The van der Waals surface area contributed by atoms with Crippen molar-refractivity contribution in [3.8, 4) is 16.3 Å². The van der Waals surface area contributed by atoms with Gasteiger partial charge in [-0.15, -0.1) is 0 Å². The number of aryl methyl sites for hydroxylation is 2. The Morgan fingerprint density at radius 3 is 2.81 bits per heavy atom. The van der Waals surface area contributed by atoms with E-state index in [1.807, 2.05) is 49.0 Å². The highest BCUT2D eigenvalue weighted by atomic mass is 35.5. The smallest absolute Gasteiger partial charge is 0.412 e. The summed E-state index contributed by atoms with van der Waals surface area (Å²) in [6.45, 7) is 5.00. The molecule has 0 aliphatic carbocycles. The molecule has 0 atom stereocenters. The number of halogens is 1. The molecule has 0 radical (unpaired) electrons. The molecular formula is C23H23ClN4O3S. The van der Waals surface area contributed by atoms with Gasteiger partial charge in [0.15, 0.2) is 0 Å². The summed E-state index contributed by atoms with van der Waals surface area (Å²) in [5, 5.41) is 10.2. The molecule has 4 rings (SSSR count). The van der Waals surface area contributed by atoms with E-state index in [9.17, 15) is 4.79 Å². The van der Waals surface area contributed by atoms with Crippen LogP contribution in [0.2, 0.25) is 5.02 Å². The van der Waals surface area contributed by atoms with Gasteiger partial charge in [0, 0.05) is 17.0 Å². The first-order valence-electron chi connectivity index (χ1n) is 10.2. The van der Waals surface area contributed by atoms with E-state index in [-0.39, 0.29) is 6.61 Å². The molecule has 0 unspecified atom stereocenters. The van der Waals surface area contributed by atoms with Crippen LogP contribution in [0.3, 0.4) is 0 Å². The summed E-state index contributed by atoms with van der Waals surface area (Å²) in [6.07, 6.45) is 1.96. The van der Waals surface area contributed by atoms with Crippen molar-refractivity contribution in [1.29, 1.82) is 0 Å². The third-order valence-corrected chi connectivity index (χ3v) is 6.30. The fourth-order valence-corrected chi connectivity index (χ4v) is 4.63. The minimum Gasteiger partial charge on any atom is -0.496 e. The number of amides is 1. The fourth-order valence-electron chi connectivity index (χ4n) is 3.40. The highest BCUT2D eigenvalue weighted by Crippen LogP contribution is 2.38. The van der Waals surface area contributed by atoms with Gasteiger partial charge < -0.3 is 9.47 Å². The molecule has 4 aromatic rings. The maximum atomic E-state index is 12.5. The van der Waals surface area contributed by atoms with Crippen molar-refractivity contribution >= 4 is 44.9 Å². The molecular weight excluding hydrogens is 448 g/mol. The second-order valence-corrected chi connectivity index (χ2v) is 8.48. The van der Waals surface area contributed by atoms with E-state index in [0.717, 1.165) is 39.3 Å². The topological polar surface area (TPSA) is 78.3 Å². The van der Waals surface area contributed by atoms with Crippen LogP contribution in [0.15, 0.2) is 42.6 Å². The monoisotopic (exact) mass is 470 g/mol. The summed E-state index contributed by atoms with van der Waals surface area (Å²) in [5.74, 6) is 0.629. The zero-order valence-electron chi connectivity index (χ0n) is 18.0. The first-order valence-corrected chi connectivity index (χ1v) is 11.4. The number of rotatable bonds is 7. The number of hydrogen-bond donors (Lipinski definition) is 1. The standard InChI is InChI=1S/C23H23ClN4O3S/c1-4-18-22(32-21(26-18)17-8-7-16(24)11-20(17)30-3)27-23(29)31-13-14-6-9-19-15(10-14)12-25-28(19)5-2/h6-12H,4-5,13H2,1-3H3,(H,27,29). The average Bonchev–Trinajstić information content (AvgIpc) is 3.40. The maximum absolute atomic E-state index is 12.5. The molecule has 1 amide bonds. The van der Waals surface area contributed by atoms with Crippen molar-refractivity contribution < 1.29 is 14.3 Å². The second-order valence-electron chi connectivity index (χ2n) is 7.05. The number of nitrogens with one attached hydrogen (secondary N) is 1. The Balaban J connectivity index is 1.46. The maximum Gasteiger partial charge on any atom is 0.412 e. The van der Waals surface area contributed by atoms with Gasteiger partial charge in [0.25, 0.3) is 0 Å². The number of thiazole rings is 1. The molecule has 2 aromatic carbocycles. The van der Waals surface area contributed by atoms with E-state index in [1.54, 1.807) is 19.2 Å². The molecule has 7 nitrogen and oxygen atoms in total. The Kier molecular flexibility index (Phi) is 6.62. The lowest BCUT2D eigenvalue weighted by Crippen LogP contribution is -2.13. The molecule has 0 bridgehead atoms. The lowest BCUT2D eigenvalue weighted by atomic mass is 10.2. The molecule has 0 aliphatic rings. The van der Waals surface area contributed by atoms with E-state index < -0.39 is 6.09 Å². The molecule has 0 aliphatic heterocycles. The van der Waals surface area contributed by atoms with E-state index in [0.29, 0.717) is 22.2 Å². The van der Waals surface area contributed by atoms with Gasteiger partial charge in [-0.05, 0) is 49.2 Å². The van der Waals surface area contributed by atoms with E-state index >= 15 is 0 Å². The lowest BCUT2D eigenvalue weighted by molar-refractivity contribution is 0.155. The van der Waals surface area contributed by atoms with Crippen molar-refractivity contribution in [2.24, 2.45) is 0 Å². The highest BCUT2D eigenvalue weighted by molar-refractivity contribution is 7.19. The molecule has 1 N–H and O–H groups in total. The van der Waals surface area contributed by atoms with Crippen molar-refractivity contribution in [2.45, 2.75) is 33.4 Å². The molecule has 2 aromatic heterocycles. The number of anilines is 1. The third-order valence-electron chi connectivity index (χ3n) is 5.02. The quantitative estimate of drug-likeness (QED) is 0.350. The summed E-state index contributed by atoms with van der Waals surface area (Å²) >= 11 is 7.44. The first-order chi connectivity index (χ1) is 15.5. The number of hydrogen-bond acceptors (Lipinski definition) is 6. The summed E-state index contributed by atoms with van der Waals surface area (Å²) in [6, 6.07) is 11.3. The number of ether oxygens (including phenoxy) is 2. The van der Waals surface area contributed by atoms with Crippen molar-refractivity contribution in [3.05, 3.63) is 58.9 Å². The normalized spacial score (nSPS) is 11.0. The Bertz CT molecular complexity index is 1270. The van der Waals surface area contributed by atoms with Gasteiger partial charge in [-0.3, -0.25) is 10.00 Å². The fraction of sp³-hybridized carbons (Fsp3) is 0.261. The number of methoxy groups -OCH3 is 1. The summed E-state index contributed by atoms with van der Waals surface area (Å²) in [4.78, 5) is 17.1. The average molecular weight is 471 g/mol. The molecule has 0 saturated carbocycles. The molecule has 0 spiro atoms. The van der Waals surface area contributed by atoms with Gasteiger partial charge in [0.1, 0.15) is 22.4 Å². The molecule has 0 saturated heterocycles. The Morgan fingerprint density at radius 1 is 1.22 bits per heavy atom. The Labute approximate surface area is 194 Å². The molecule has 2 heterocycles. The SMILES string of the molecule is CCc1nc(-c2ccc(Cl)cc2OC)sc1NC(=O)OCc1ccc2c(cnn2CC)c1. The third kappa shape index (κ3) is 4.56. The summed E-state index contributed by atoms with van der Waals surface area (Å²) in [5.41, 5.74) is 3.56. The zero-order valence-corrected chi connectivity index (χ0v) is 19.6. The van der Waals surface area contributed by atoms with Crippen LogP contribution >= 0.6 is 22.9 Å². The number of aromatic nitrogens is 3. The van der Waals surface area contributed by atoms with E-state index in [2.05, 4.69) is 15.4 Å². The number of nitrogens with zero attached hydrogens (tertiary/aromatic N) is 3. The summed E-state index contributed by atoms with van der Waals surface area (Å²) in [7, 11) is 1.59. The number of carbonyl (C=O) groups is 1. The van der Waals surface area contributed by atoms with Crippen LogP contribution in [0.1, 0.15) is 25.1 Å². The van der Waals surface area contributed by atoms with Crippen LogP contribution in [0, 0.1) is 0 Å². The van der Waals surface area contributed by atoms with Gasteiger partial charge in [-0.2, -0.15) is 5.10 Å². The lowest BCUT2D eigenvalue weighted by Gasteiger charge is -2.07. The van der Waals surface area contributed by atoms with Crippen LogP contribution in [0.4, 0.5) is 9.80 Å². The van der Waals surface area contributed by atoms with E-state index in [4.69, 9.17) is 21.1 Å². The minimum atomic E-state index is -0.526. The molecule has 9 heteroatoms. The largest absolute Gasteiger partial charge is 0.496 e. The molecule has 32 heavy (non-hydrogen) atoms. The van der Waals surface area contributed by atoms with Crippen LogP contribution < -0.4 is 10.1 Å². The van der Waals surface area contributed by atoms with Crippen LogP contribution in [0.5, 0.6) is 5.75 Å². The predicted molar refractivity (Wildman–Crippen MR) is 128 cm³/mol. The molecule has 166 valence electrons. The van der Waals surface area contributed by atoms with Crippen LogP contribution in [-0.2, 0) is 24.3 Å². The van der Waals surface area contributed by atoms with Crippen molar-refractivity contribution in [2.75, 3.05) is 12.4 Å². The van der Waals surface area contributed by atoms with Crippen LogP contribution in [-0.4, -0.2) is 28.0 Å². The van der Waals surface area contributed by atoms with Gasteiger partial charge in [-0.25, -0.2) is 9.78 Å². The zero-order chi connectivity index (χ0) is 22.7. The molecule has 0 fully saturated rings.